The summed E-state index contributed by atoms with van der Waals surface area (Å²) >= 11 is 0. The van der Waals surface area contributed by atoms with Crippen LogP contribution in [0.4, 0.5) is 0 Å². The second kappa shape index (κ2) is 6.87. The Morgan fingerprint density at radius 2 is 1.83 bits per heavy atom. The molecule has 0 saturated heterocycles. The molecule has 0 aromatic heterocycles. The lowest BCUT2D eigenvalue weighted by Crippen LogP contribution is -2.39. The summed E-state index contributed by atoms with van der Waals surface area (Å²) in [6.45, 7) is 7.34. The third-order valence-electron chi connectivity index (χ3n) is 4.00. The molecule has 0 aliphatic heterocycles. The summed E-state index contributed by atoms with van der Waals surface area (Å²) in [5.74, 6) is 0.172. The predicted octanol–water partition coefficient (Wildman–Crippen LogP) is 1.87. The second-order valence-electron chi connectivity index (χ2n) is 5.81. The molecule has 4 nitrogen and oxygen atoms in total. The minimum Gasteiger partial charge on any atom is -0.313 e. The van der Waals surface area contributed by atoms with Gasteiger partial charge >= 0.3 is 0 Å². The lowest BCUT2D eigenvalue weighted by molar-refractivity contribution is 0.285. The summed E-state index contributed by atoms with van der Waals surface area (Å²) in [6, 6.07) is 0.331. The maximum atomic E-state index is 11.9. The molecule has 108 valence electrons. The highest BCUT2D eigenvalue weighted by atomic mass is 32.2. The molecule has 1 saturated carbocycles. The molecule has 0 aromatic rings. The van der Waals surface area contributed by atoms with Gasteiger partial charge in [0, 0.05) is 19.1 Å². The summed E-state index contributed by atoms with van der Waals surface area (Å²) < 4.78 is 26.6. The molecular weight excluding hydrogens is 248 g/mol. The highest BCUT2D eigenvalue weighted by Crippen LogP contribution is 2.40. The Labute approximate surface area is 112 Å². The SMILES string of the molecule is CCC1(CNS(=O)(=O)CCNC(C)C)CCCC1. The van der Waals surface area contributed by atoms with E-state index in [1.54, 1.807) is 0 Å². The Balaban J connectivity index is 2.36. The summed E-state index contributed by atoms with van der Waals surface area (Å²) in [5.41, 5.74) is 0.221. The molecular formula is C13H28N2O2S. The van der Waals surface area contributed by atoms with Gasteiger partial charge in [-0.2, -0.15) is 0 Å². The quantitative estimate of drug-likeness (QED) is 0.711. The topological polar surface area (TPSA) is 58.2 Å². The summed E-state index contributed by atoms with van der Waals surface area (Å²) in [5, 5.41) is 3.13. The first-order valence-corrected chi connectivity index (χ1v) is 8.75. The van der Waals surface area contributed by atoms with Gasteiger partial charge in [-0.15, -0.1) is 0 Å². The van der Waals surface area contributed by atoms with Crippen molar-refractivity contribution in [2.75, 3.05) is 18.8 Å². The first kappa shape index (κ1) is 15.9. The maximum absolute atomic E-state index is 11.9. The fourth-order valence-electron chi connectivity index (χ4n) is 2.60. The van der Waals surface area contributed by atoms with Gasteiger partial charge < -0.3 is 5.32 Å². The van der Waals surface area contributed by atoms with E-state index in [0.717, 1.165) is 19.3 Å². The van der Waals surface area contributed by atoms with Crippen LogP contribution in [0, 0.1) is 5.41 Å². The second-order valence-corrected chi connectivity index (χ2v) is 7.74. The van der Waals surface area contributed by atoms with Crippen molar-refractivity contribution in [3.63, 3.8) is 0 Å². The van der Waals surface area contributed by atoms with E-state index in [1.807, 2.05) is 13.8 Å². The van der Waals surface area contributed by atoms with Gasteiger partial charge in [-0.1, -0.05) is 33.6 Å². The first-order chi connectivity index (χ1) is 8.39. The van der Waals surface area contributed by atoms with Crippen LogP contribution < -0.4 is 10.0 Å². The molecule has 1 rings (SSSR count). The van der Waals surface area contributed by atoms with Gasteiger partial charge in [0.15, 0.2) is 0 Å². The van der Waals surface area contributed by atoms with Crippen molar-refractivity contribution in [2.24, 2.45) is 5.41 Å². The molecule has 5 heteroatoms. The van der Waals surface area contributed by atoms with Crippen LogP contribution in [0.3, 0.4) is 0 Å². The Hall–Kier alpha value is -0.130. The number of hydrogen-bond acceptors (Lipinski definition) is 3. The van der Waals surface area contributed by atoms with Crippen LogP contribution >= 0.6 is 0 Å². The zero-order chi connectivity index (χ0) is 13.6. The van der Waals surface area contributed by atoms with Crippen molar-refractivity contribution in [1.29, 1.82) is 0 Å². The molecule has 0 unspecified atom stereocenters. The molecule has 0 amide bonds. The van der Waals surface area contributed by atoms with Crippen LogP contribution in [0.15, 0.2) is 0 Å². The zero-order valence-corrected chi connectivity index (χ0v) is 12.8. The molecule has 1 fully saturated rings. The third kappa shape index (κ3) is 5.24. The number of nitrogens with one attached hydrogen (secondary N) is 2. The number of sulfonamides is 1. The standard InChI is InChI=1S/C13H28N2O2S/c1-4-13(7-5-6-8-13)11-15-18(16,17)10-9-14-12(2)3/h12,14-15H,4-11H2,1-3H3. The van der Waals surface area contributed by atoms with Crippen molar-refractivity contribution in [3.8, 4) is 0 Å². The minimum atomic E-state index is -3.13. The molecule has 0 heterocycles. The van der Waals surface area contributed by atoms with Crippen LogP contribution in [-0.4, -0.2) is 33.3 Å². The zero-order valence-electron chi connectivity index (χ0n) is 12.0. The van der Waals surface area contributed by atoms with Gasteiger partial charge in [0.05, 0.1) is 5.75 Å². The van der Waals surface area contributed by atoms with Gasteiger partial charge in [-0.3, -0.25) is 0 Å². The van der Waals surface area contributed by atoms with Gasteiger partial charge in [0.1, 0.15) is 0 Å². The average molecular weight is 276 g/mol. The van der Waals surface area contributed by atoms with Gasteiger partial charge in [0.25, 0.3) is 0 Å². The van der Waals surface area contributed by atoms with Crippen LogP contribution in [-0.2, 0) is 10.0 Å². The largest absolute Gasteiger partial charge is 0.313 e. The van der Waals surface area contributed by atoms with Gasteiger partial charge in [0.2, 0.25) is 10.0 Å². The lowest BCUT2D eigenvalue weighted by Gasteiger charge is -2.27. The number of hydrogen-bond donors (Lipinski definition) is 2. The normalized spacial score (nSPS) is 19.6. The van der Waals surface area contributed by atoms with Crippen LogP contribution in [0.1, 0.15) is 52.9 Å². The third-order valence-corrected chi connectivity index (χ3v) is 5.33. The Morgan fingerprint density at radius 1 is 1.22 bits per heavy atom. The smallest absolute Gasteiger partial charge is 0.212 e. The number of rotatable bonds is 8. The fourth-order valence-corrected chi connectivity index (χ4v) is 3.65. The predicted molar refractivity (Wildman–Crippen MR) is 76.1 cm³/mol. The van der Waals surface area contributed by atoms with E-state index in [9.17, 15) is 8.42 Å². The molecule has 2 N–H and O–H groups in total. The Kier molecular flexibility index (Phi) is 6.08. The van der Waals surface area contributed by atoms with E-state index in [4.69, 9.17) is 0 Å². The van der Waals surface area contributed by atoms with Crippen molar-refractivity contribution in [1.82, 2.24) is 10.0 Å². The van der Waals surface area contributed by atoms with Crippen molar-refractivity contribution in [2.45, 2.75) is 58.9 Å². The monoisotopic (exact) mass is 276 g/mol. The minimum absolute atomic E-state index is 0.172. The highest BCUT2D eigenvalue weighted by molar-refractivity contribution is 7.89. The maximum Gasteiger partial charge on any atom is 0.212 e. The fraction of sp³-hybridized carbons (Fsp3) is 1.00. The van der Waals surface area contributed by atoms with E-state index in [0.29, 0.717) is 19.1 Å². The average Bonchev–Trinajstić information content (AvgIpc) is 2.75. The first-order valence-electron chi connectivity index (χ1n) is 7.10. The highest BCUT2D eigenvalue weighted by Gasteiger charge is 2.32. The molecule has 0 atom stereocenters. The van der Waals surface area contributed by atoms with Gasteiger partial charge in [-0.05, 0) is 24.7 Å². The molecule has 0 radical (unpaired) electrons. The van der Waals surface area contributed by atoms with Crippen molar-refractivity contribution < 1.29 is 8.42 Å². The van der Waals surface area contributed by atoms with E-state index in [1.165, 1.54) is 12.8 Å². The summed E-state index contributed by atoms with van der Waals surface area (Å²) in [6.07, 6.45) is 5.88. The Bertz CT molecular complexity index is 333. The van der Waals surface area contributed by atoms with E-state index in [2.05, 4.69) is 17.0 Å². The lowest BCUT2D eigenvalue weighted by atomic mass is 9.84. The molecule has 18 heavy (non-hydrogen) atoms. The van der Waals surface area contributed by atoms with Crippen LogP contribution in [0.25, 0.3) is 0 Å². The molecule has 1 aliphatic carbocycles. The summed E-state index contributed by atoms with van der Waals surface area (Å²) in [7, 11) is -3.13. The van der Waals surface area contributed by atoms with E-state index in [-0.39, 0.29) is 11.2 Å². The van der Waals surface area contributed by atoms with E-state index < -0.39 is 10.0 Å². The molecule has 0 aromatic carbocycles. The van der Waals surface area contributed by atoms with E-state index >= 15 is 0 Å². The Morgan fingerprint density at radius 3 is 2.33 bits per heavy atom. The molecule has 1 aliphatic rings. The van der Waals surface area contributed by atoms with Crippen LogP contribution in [0.5, 0.6) is 0 Å². The van der Waals surface area contributed by atoms with Crippen molar-refractivity contribution in [3.05, 3.63) is 0 Å². The summed E-state index contributed by atoms with van der Waals surface area (Å²) in [4.78, 5) is 0. The molecule has 0 bridgehead atoms. The van der Waals surface area contributed by atoms with Gasteiger partial charge in [-0.25, -0.2) is 13.1 Å². The molecule has 0 spiro atoms. The van der Waals surface area contributed by atoms with Crippen molar-refractivity contribution >= 4 is 10.0 Å². The van der Waals surface area contributed by atoms with Crippen LogP contribution in [0.2, 0.25) is 0 Å².